The second-order valence-corrected chi connectivity index (χ2v) is 9.01. The Morgan fingerprint density at radius 2 is 1.69 bits per heavy atom. The van der Waals surface area contributed by atoms with Crippen LogP contribution >= 0.6 is 0 Å². The average Bonchev–Trinajstić information content (AvgIpc) is 3.47. The second kappa shape index (κ2) is 10.9. The zero-order valence-corrected chi connectivity index (χ0v) is 20.1. The van der Waals surface area contributed by atoms with Crippen LogP contribution in [0.2, 0.25) is 0 Å². The number of amides is 2. The van der Waals surface area contributed by atoms with Crippen molar-refractivity contribution in [2.75, 3.05) is 26.4 Å². The van der Waals surface area contributed by atoms with Crippen LogP contribution in [0.25, 0.3) is 11.1 Å². The van der Waals surface area contributed by atoms with Gasteiger partial charge in [0, 0.05) is 12.5 Å². The number of carboxylic acid groups (broad SMARTS) is 1. The first-order valence-electron chi connectivity index (χ1n) is 12.2. The van der Waals surface area contributed by atoms with Crippen molar-refractivity contribution in [3.8, 4) is 11.1 Å². The number of aliphatic carboxylic acids is 1. The number of ether oxygens (including phenoxy) is 2. The van der Waals surface area contributed by atoms with Crippen LogP contribution in [0.1, 0.15) is 43.7 Å². The van der Waals surface area contributed by atoms with Gasteiger partial charge in [0.1, 0.15) is 18.6 Å². The summed E-state index contributed by atoms with van der Waals surface area (Å²) >= 11 is 0. The van der Waals surface area contributed by atoms with Crippen molar-refractivity contribution >= 4 is 18.0 Å². The molecule has 2 unspecified atom stereocenters. The van der Waals surface area contributed by atoms with Crippen LogP contribution in [0, 0.1) is 5.92 Å². The molecule has 0 bridgehead atoms. The number of carbonyl (C=O) groups excluding carboxylic acids is 2. The predicted molar refractivity (Wildman–Crippen MR) is 130 cm³/mol. The molecule has 8 heteroatoms. The Balaban J connectivity index is 1.42. The zero-order chi connectivity index (χ0) is 24.9. The molecule has 0 radical (unpaired) electrons. The lowest BCUT2D eigenvalue weighted by atomic mass is 9.98. The number of carbonyl (C=O) groups is 3. The van der Waals surface area contributed by atoms with Crippen LogP contribution < -0.4 is 5.32 Å². The van der Waals surface area contributed by atoms with E-state index in [9.17, 15) is 19.5 Å². The summed E-state index contributed by atoms with van der Waals surface area (Å²) in [6.45, 7) is 4.51. The highest BCUT2D eigenvalue weighted by molar-refractivity contribution is 5.87. The summed E-state index contributed by atoms with van der Waals surface area (Å²) in [5.41, 5.74) is 4.50. The molecule has 186 valence electrons. The first-order valence-corrected chi connectivity index (χ1v) is 12.2. The summed E-state index contributed by atoms with van der Waals surface area (Å²) in [5.74, 6) is -2.16. The summed E-state index contributed by atoms with van der Waals surface area (Å²) < 4.78 is 11.0. The molecule has 2 aromatic rings. The maximum Gasteiger partial charge on any atom is 0.407 e. The Bertz CT molecular complexity index is 1040. The number of nitrogens with zero attached hydrogens (tertiary/aromatic N) is 1. The zero-order valence-electron chi connectivity index (χ0n) is 20.1. The van der Waals surface area contributed by atoms with E-state index in [0.717, 1.165) is 22.3 Å². The van der Waals surface area contributed by atoms with E-state index in [1.807, 2.05) is 43.3 Å². The first kappa shape index (κ1) is 24.7. The summed E-state index contributed by atoms with van der Waals surface area (Å²) in [5, 5.41) is 12.2. The maximum absolute atomic E-state index is 13.3. The lowest BCUT2D eigenvalue weighted by Gasteiger charge is -2.33. The molecular weight excluding hydrogens is 448 g/mol. The standard InChI is InChI=1S/C27H32N2O6/c1-3-13-29(24-16-34-14-22(24)26(31)32)25(30)23(4-2)28-27(33)35-15-21-19-11-7-5-9-17(19)18-10-6-8-12-20(18)21/h5-12,21-24H,3-4,13-16H2,1-2H3,(H,28,33)(H,31,32)/t22?,23-,24?/m0/s1. The highest BCUT2D eigenvalue weighted by atomic mass is 16.5. The molecule has 1 heterocycles. The third kappa shape index (κ3) is 5.03. The minimum atomic E-state index is -0.987. The highest BCUT2D eigenvalue weighted by Crippen LogP contribution is 2.44. The van der Waals surface area contributed by atoms with Crippen LogP contribution in [0.4, 0.5) is 4.79 Å². The monoisotopic (exact) mass is 480 g/mol. The number of rotatable bonds is 9. The molecule has 2 aromatic carbocycles. The fourth-order valence-corrected chi connectivity index (χ4v) is 5.09. The smallest absolute Gasteiger partial charge is 0.407 e. The van der Waals surface area contributed by atoms with Crippen molar-refractivity contribution in [1.29, 1.82) is 0 Å². The highest BCUT2D eigenvalue weighted by Gasteiger charge is 2.41. The molecule has 1 aliphatic carbocycles. The van der Waals surface area contributed by atoms with Gasteiger partial charge in [-0.05, 0) is 35.1 Å². The van der Waals surface area contributed by atoms with E-state index in [4.69, 9.17) is 9.47 Å². The summed E-state index contributed by atoms with van der Waals surface area (Å²) in [7, 11) is 0. The van der Waals surface area contributed by atoms with E-state index in [1.54, 1.807) is 11.8 Å². The van der Waals surface area contributed by atoms with Gasteiger partial charge in [-0.1, -0.05) is 62.4 Å². The van der Waals surface area contributed by atoms with Crippen LogP contribution in [0.15, 0.2) is 48.5 Å². The topological polar surface area (TPSA) is 105 Å². The quantitative estimate of drug-likeness (QED) is 0.568. The van der Waals surface area contributed by atoms with E-state index in [-0.39, 0.29) is 31.6 Å². The first-order chi connectivity index (χ1) is 17.0. The lowest BCUT2D eigenvalue weighted by molar-refractivity contribution is -0.145. The molecule has 0 spiro atoms. The van der Waals surface area contributed by atoms with Crippen molar-refractivity contribution in [1.82, 2.24) is 10.2 Å². The van der Waals surface area contributed by atoms with Gasteiger partial charge in [-0.2, -0.15) is 0 Å². The fourth-order valence-electron chi connectivity index (χ4n) is 5.09. The van der Waals surface area contributed by atoms with Crippen LogP contribution in [-0.4, -0.2) is 66.4 Å². The molecule has 3 atom stereocenters. The number of alkyl carbamates (subject to hydrolysis) is 1. The average molecular weight is 481 g/mol. The third-order valence-electron chi connectivity index (χ3n) is 6.86. The minimum absolute atomic E-state index is 0.0735. The van der Waals surface area contributed by atoms with Gasteiger partial charge in [0.2, 0.25) is 5.91 Å². The minimum Gasteiger partial charge on any atom is -0.481 e. The molecule has 4 rings (SSSR count). The molecule has 2 aliphatic rings. The van der Waals surface area contributed by atoms with Gasteiger partial charge in [-0.15, -0.1) is 0 Å². The van der Waals surface area contributed by atoms with Crippen molar-refractivity contribution < 1.29 is 29.0 Å². The Hall–Kier alpha value is -3.39. The van der Waals surface area contributed by atoms with Crippen LogP contribution in [0.3, 0.4) is 0 Å². The molecule has 1 saturated heterocycles. The van der Waals surface area contributed by atoms with Crippen molar-refractivity contribution in [3.05, 3.63) is 59.7 Å². The van der Waals surface area contributed by atoms with Gasteiger partial charge in [-0.3, -0.25) is 9.59 Å². The van der Waals surface area contributed by atoms with Crippen LogP contribution in [0.5, 0.6) is 0 Å². The molecule has 2 amide bonds. The van der Waals surface area contributed by atoms with E-state index in [2.05, 4.69) is 17.4 Å². The van der Waals surface area contributed by atoms with Gasteiger partial charge in [0.25, 0.3) is 0 Å². The normalized spacial score (nSPS) is 19.5. The largest absolute Gasteiger partial charge is 0.481 e. The SMILES string of the molecule is CCCN(C(=O)[C@H](CC)NC(=O)OCC1c2ccccc2-c2ccccc21)C1COCC1C(=O)O. The molecule has 2 N–H and O–H groups in total. The molecule has 8 nitrogen and oxygen atoms in total. The number of hydrogen-bond acceptors (Lipinski definition) is 5. The summed E-state index contributed by atoms with van der Waals surface area (Å²) in [6.07, 6.45) is 0.353. The number of hydrogen-bond donors (Lipinski definition) is 2. The Morgan fingerprint density at radius 1 is 1.06 bits per heavy atom. The second-order valence-electron chi connectivity index (χ2n) is 9.01. The predicted octanol–water partition coefficient (Wildman–Crippen LogP) is 3.64. The Kier molecular flexibility index (Phi) is 7.70. The number of carboxylic acids is 1. The molecule has 0 saturated carbocycles. The van der Waals surface area contributed by atoms with Crippen molar-refractivity contribution in [3.63, 3.8) is 0 Å². The maximum atomic E-state index is 13.3. The van der Waals surface area contributed by atoms with Crippen molar-refractivity contribution in [2.45, 2.75) is 44.7 Å². The van der Waals surface area contributed by atoms with Gasteiger partial charge in [-0.25, -0.2) is 4.79 Å². The Morgan fingerprint density at radius 3 is 2.26 bits per heavy atom. The van der Waals surface area contributed by atoms with Crippen LogP contribution in [-0.2, 0) is 19.1 Å². The molecule has 1 aliphatic heterocycles. The lowest BCUT2D eigenvalue weighted by Crippen LogP contribution is -2.54. The van der Waals surface area contributed by atoms with Gasteiger partial charge < -0.3 is 24.8 Å². The van der Waals surface area contributed by atoms with E-state index in [0.29, 0.717) is 19.4 Å². The van der Waals surface area contributed by atoms with E-state index >= 15 is 0 Å². The van der Waals surface area contributed by atoms with Gasteiger partial charge in [0.05, 0.1) is 19.3 Å². The van der Waals surface area contributed by atoms with E-state index < -0.39 is 30.1 Å². The number of nitrogens with one attached hydrogen (secondary N) is 1. The molecular formula is C27H32N2O6. The van der Waals surface area contributed by atoms with Gasteiger partial charge >= 0.3 is 12.1 Å². The van der Waals surface area contributed by atoms with Crippen molar-refractivity contribution in [2.24, 2.45) is 5.92 Å². The molecule has 1 fully saturated rings. The molecule has 0 aromatic heterocycles. The fraction of sp³-hybridized carbons (Fsp3) is 0.444. The summed E-state index contributed by atoms with van der Waals surface area (Å²) in [6, 6.07) is 14.8. The summed E-state index contributed by atoms with van der Waals surface area (Å²) in [4.78, 5) is 39.3. The number of fused-ring (bicyclic) bond motifs is 3. The van der Waals surface area contributed by atoms with E-state index in [1.165, 1.54) is 0 Å². The Labute approximate surface area is 205 Å². The van der Waals surface area contributed by atoms with Gasteiger partial charge in [0.15, 0.2) is 0 Å². The number of benzene rings is 2. The third-order valence-corrected chi connectivity index (χ3v) is 6.86. The molecule has 35 heavy (non-hydrogen) atoms.